The van der Waals surface area contributed by atoms with Crippen LogP contribution in [0.4, 0.5) is 0 Å². The van der Waals surface area contributed by atoms with E-state index >= 15 is 0 Å². The van der Waals surface area contributed by atoms with Crippen molar-refractivity contribution >= 4 is 0 Å². The highest BCUT2D eigenvalue weighted by molar-refractivity contribution is 4.69. The number of rotatable bonds is 14. The second-order valence-electron chi connectivity index (χ2n) is 5.18. The normalized spacial score (nSPS) is 17.4. The van der Waals surface area contributed by atoms with E-state index in [4.69, 9.17) is 18.9 Å². The molecule has 0 heterocycles. The predicted molar refractivity (Wildman–Crippen MR) is 83.9 cm³/mol. The Morgan fingerprint density at radius 3 is 1.33 bits per heavy atom. The first kappa shape index (κ1) is 20.8. The fraction of sp³-hybridized carbons (Fsp3) is 1.00. The summed E-state index contributed by atoms with van der Waals surface area (Å²) < 4.78 is 23.0. The lowest BCUT2D eigenvalue weighted by molar-refractivity contribution is -0.333. The van der Waals surface area contributed by atoms with Crippen molar-refractivity contribution in [2.24, 2.45) is 0 Å². The van der Waals surface area contributed by atoms with Crippen LogP contribution in [0.25, 0.3) is 0 Å². The lowest BCUT2D eigenvalue weighted by atomic mass is 10.3. The van der Waals surface area contributed by atoms with Gasteiger partial charge in [-0.15, -0.1) is 5.32 Å². The summed E-state index contributed by atoms with van der Waals surface area (Å²) in [6.07, 6.45) is 4.08. The van der Waals surface area contributed by atoms with Gasteiger partial charge in [-0.25, -0.2) is 0 Å². The average Bonchev–Trinajstić information content (AvgIpc) is 2.39. The molecular weight excluding hydrogens is 270 g/mol. The molecule has 0 fully saturated rings. The van der Waals surface area contributed by atoms with Crippen molar-refractivity contribution in [2.45, 2.75) is 79.0 Å². The molecule has 5 heteroatoms. The molecule has 0 aliphatic heterocycles. The molecule has 0 aliphatic carbocycles. The fourth-order valence-corrected chi connectivity index (χ4v) is 1.93. The Morgan fingerprint density at radius 2 is 1.05 bits per heavy atom. The number of nitrogens with zero attached hydrogens (tertiary/aromatic N) is 1. The molecule has 21 heavy (non-hydrogen) atoms. The van der Waals surface area contributed by atoms with Gasteiger partial charge < -0.3 is 18.9 Å². The zero-order valence-electron chi connectivity index (χ0n) is 14.7. The quantitative estimate of drug-likeness (QED) is 0.363. The largest absolute Gasteiger partial charge is 0.337 e. The van der Waals surface area contributed by atoms with Gasteiger partial charge in [-0.05, 0) is 26.7 Å². The molecule has 0 bridgehead atoms. The second-order valence-corrected chi connectivity index (χ2v) is 5.18. The molecule has 0 aromatic heterocycles. The van der Waals surface area contributed by atoms with E-state index in [2.05, 4.69) is 19.2 Å². The van der Waals surface area contributed by atoms with Gasteiger partial charge in [0.25, 0.3) is 0 Å². The Bertz CT molecular complexity index is 228. The number of hydrogen-bond donors (Lipinski definition) is 0. The predicted octanol–water partition coefficient (Wildman–Crippen LogP) is 3.64. The van der Waals surface area contributed by atoms with Crippen LogP contribution >= 0.6 is 0 Å². The third-order valence-corrected chi connectivity index (χ3v) is 2.97. The van der Waals surface area contributed by atoms with Crippen molar-refractivity contribution in [3.8, 4) is 0 Å². The van der Waals surface area contributed by atoms with E-state index < -0.39 is 11.8 Å². The highest BCUT2D eigenvalue weighted by Gasteiger charge is 2.39. The first-order valence-electron chi connectivity index (χ1n) is 8.25. The minimum atomic E-state index is -1.04. The van der Waals surface area contributed by atoms with Crippen LogP contribution in [0.3, 0.4) is 0 Å². The molecule has 0 rings (SSSR count). The van der Waals surface area contributed by atoms with Crippen molar-refractivity contribution in [3.05, 3.63) is 0 Å². The van der Waals surface area contributed by atoms with Gasteiger partial charge in [0.05, 0.1) is 13.2 Å². The SMILES string of the molecule is CCCCOC(C)([N]C(C)(OCC)OCCCC)OCC. The molecule has 0 saturated carbocycles. The van der Waals surface area contributed by atoms with Crippen molar-refractivity contribution < 1.29 is 18.9 Å². The highest BCUT2D eigenvalue weighted by Crippen LogP contribution is 2.21. The molecule has 127 valence electrons. The summed E-state index contributed by atoms with van der Waals surface area (Å²) in [5, 5.41) is 4.57. The maximum Gasteiger partial charge on any atom is 0.244 e. The van der Waals surface area contributed by atoms with Crippen molar-refractivity contribution in [3.63, 3.8) is 0 Å². The average molecular weight is 304 g/mol. The summed E-state index contributed by atoms with van der Waals surface area (Å²) in [4.78, 5) is 0. The van der Waals surface area contributed by atoms with Crippen LogP contribution in [-0.2, 0) is 18.9 Å². The minimum Gasteiger partial charge on any atom is -0.337 e. The fourth-order valence-electron chi connectivity index (χ4n) is 1.93. The Kier molecular flexibility index (Phi) is 11.3. The Balaban J connectivity index is 4.68. The van der Waals surface area contributed by atoms with Gasteiger partial charge in [-0.1, -0.05) is 26.7 Å². The Morgan fingerprint density at radius 1 is 0.667 bits per heavy atom. The van der Waals surface area contributed by atoms with E-state index in [0.717, 1.165) is 25.7 Å². The van der Waals surface area contributed by atoms with Gasteiger partial charge in [0, 0.05) is 27.1 Å². The first-order valence-corrected chi connectivity index (χ1v) is 8.25. The molecule has 2 unspecified atom stereocenters. The van der Waals surface area contributed by atoms with Gasteiger partial charge in [-0.2, -0.15) is 0 Å². The second kappa shape index (κ2) is 11.4. The van der Waals surface area contributed by atoms with Gasteiger partial charge in [0.15, 0.2) is 0 Å². The molecule has 5 nitrogen and oxygen atoms in total. The standard InChI is InChI=1S/C16H34NO4/c1-7-11-13-20-15(5,18-9-3)17-16(6,19-10-4)21-14-12-8-2/h7-14H2,1-6H3. The molecule has 0 saturated heterocycles. The van der Waals surface area contributed by atoms with Crippen LogP contribution in [0, 0.1) is 0 Å². The highest BCUT2D eigenvalue weighted by atomic mass is 16.8. The summed E-state index contributed by atoms with van der Waals surface area (Å²) in [7, 11) is 0. The van der Waals surface area contributed by atoms with Crippen LogP contribution in [0.15, 0.2) is 0 Å². The lowest BCUT2D eigenvalue weighted by Gasteiger charge is -2.37. The van der Waals surface area contributed by atoms with Crippen LogP contribution in [0.5, 0.6) is 0 Å². The molecule has 2 atom stereocenters. The summed E-state index contributed by atoms with van der Waals surface area (Å²) >= 11 is 0. The summed E-state index contributed by atoms with van der Waals surface area (Å²) in [6.45, 7) is 14.0. The van der Waals surface area contributed by atoms with E-state index in [0.29, 0.717) is 26.4 Å². The van der Waals surface area contributed by atoms with Crippen molar-refractivity contribution in [1.82, 2.24) is 5.32 Å². The lowest BCUT2D eigenvalue weighted by Crippen LogP contribution is -2.55. The van der Waals surface area contributed by atoms with Crippen LogP contribution in [0.2, 0.25) is 0 Å². The van der Waals surface area contributed by atoms with Crippen molar-refractivity contribution in [1.29, 1.82) is 0 Å². The molecular formula is C16H34NO4. The zero-order chi connectivity index (χ0) is 16.2. The molecule has 0 aliphatic rings. The molecule has 0 N–H and O–H groups in total. The van der Waals surface area contributed by atoms with E-state index in [-0.39, 0.29) is 0 Å². The molecule has 0 spiro atoms. The van der Waals surface area contributed by atoms with E-state index in [1.54, 1.807) is 0 Å². The Hall–Kier alpha value is -0.200. The van der Waals surface area contributed by atoms with E-state index in [1.165, 1.54) is 0 Å². The Labute approximate surface area is 130 Å². The maximum absolute atomic E-state index is 5.81. The van der Waals surface area contributed by atoms with E-state index in [1.807, 2.05) is 27.7 Å². The molecule has 0 aromatic rings. The number of unbranched alkanes of at least 4 members (excludes halogenated alkanes) is 2. The van der Waals surface area contributed by atoms with E-state index in [9.17, 15) is 0 Å². The molecule has 1 radical (unpaired) electrons. The van der Waals surface area contributed by atoms with Gasteiger partial charge >= 0.3 is 0 Å². The monoisotopic (exact) mass is 304 g/mol. The topological polar surface area (TPSA) is 51.0 Å². The smallest absolute Gasteiger partial charge is 0.244 e. The first-order chi connectivity index (χ1) is 9.95. The maximum atomic E-state index is 5.81. The zero-order valence-corrected chi connectivity index (χ0v) is 14.7. The molecule has 0 amide bonds. The summed E-state index contributed by atoms with van der Waals surface area (Å²) in [5.41, 5.74) is 0. The summed E-state index contributed by atoms with van der Waals surface area (Å²) in [5.74, 6) is -2.08. The molecule has 0 aromatic carbocycles. The van der Waals surface area contributed by atoms with Gasteiger partial charge in [-0.3, -0.25) is 0 Å². The number of ether oxygens (including phenoxy) is 4. The minimum absolute atomic E-state index is 0.517. The van der Waals surface area contributed by atoms with Crippen molar-refractivity contribution in [2.75, 3.05) is 26.4 Å². The third-order valence-electron chi connectivity index (χ3n) is 2.97. The van der Waals surface area contributed by atoms with Crippen LogP contribution in [0.1, 0.15) is 67.2 Å². The third kappa shape index (κ3) is 9.42. The van der Waals surface area contributed by atoms with Crippen LogP contribution < -0.4 is 5.32 Å². The van der Waals surface area contributed by atoms with Crippen LogP contribution in [-0.4, -0.2) is 38.2 Å². The van der Waals surface area contributed by atoms with Gasteiger partial charge in [0.1, 0.15) is 0 Å². The number of hydrogen-bond acceptors (Lipinski definition) is 4. The summed E-state index contributed by atoms with van der Waals surface area (Å²) in [6, 6.07) is 0. The van der Waals surface area contributed by atoms with Gasteiger partial charge in [0.2, 0.25) is 11.8 Å².